The van der Waals surface area contributed by atoms with Crippen molar-refractivity contribution in [3.05, 3.63) is 107 Å². The maximum absolute atomic E-state index is 6.50. The van der Waals surface area contributed by atoms with Crippen LogP contribution in [0.3, 0.4) is 0 Å². The summed E-state index contributed by atoms with van der Waals surface area (Å²) in [6.07, 6.45) is 3.72. The molecule has 0 radical (unpaired) electrons. The van der Waals surface area contributed by atoms with E-state index in [9.17, 15) is 0 Å². The Labute approximate surface area is 176 Å². The first-order valence-electron chi connectivity index (χ1n) is 9.54. The number of nitrogens with two attached hydrogens (primary N) is 1. The molecule has 2 N–H and O–H groups in total. The summed E-state index contributed by atoms with van der Waals surface area (Å²) in [5, 5.41) is 0. The van der Waals surface area contributed by atoms with Crippen molar-refractivity contribution in [3.63, 3.8) is 0 Å². The molecule has 1 unspecified atom stereocenters. The first-order chi connectivity index (χ1) is 13.9. The fourth-order valence-corrected chi connectivity index (χ4v) is 5.36. The average molecular weight is 397 g/mol. The van der Waals surface area contributed by atoms with E-state index in [1.54, 1.807) is 11.3 Å². The third-order valence-corrected chi connectivity index (χ3v) is 7.09. The van der Waals surface area contributed by atoms with E-state index in [1.807, 2.05) is 24.3 Å². The average Bonchev–Trinajstić information content (AvgIpc) is 3.26. The van der Waals surface area contributed by atoms with Crippen LogP contribution in [-0.4, -0.2) is 4.98 Å². The summed E-state index contributed by atoms with van der Waals surface area (Å²) in [5.41, 5.74) is 14.1. The minimum absolute atomic E-state index is 0.591. The molecule has 0 fully saturated rings. The lowest BCUT2D eigenvalue weighted by Gasteiger charge is -2.33. The van der Waals surface area contributed by atoms with Crippen LogP contribution in [0.1, 0.15) is 41.1 Å². The van der Waals surface area contributed by atoms with Gasteiger partial charge in [0.1, 0.15) is 0 Å². The van der Waals surface area contributed by atoms with Crippen molar-refractivity contribution in [2.45, 2.75) is 19.3 Å². The highest BCUT2D eigenvalue weighted by Gasteiger charge is 2.46. The summed E-state index contributed by atoms with van der Waals surface area (Å²) in [5.74, 6) is 0. The Kier molecular flexibility index (Phi) is 4.64. The van der Waals surface area contributed by atoms with Crippen molar-refractivity contribution in [3.8, 4) is 10.6 Å². The third kappa shape index (κ3) is 2.65. The van der Waals surface area contributed by atoms with Crippen LogP contribution in [-0.2, 0) is 5.41 Å². The molecule has 0 aliphatic heterocycles. The number of fused-ring (bicyclic) bond motifs is 1. The lowest BCUT2D eigenvalue weighted by atomic mass is 9.72. The normalized spacial score (nSPS) is 17.9. The van der Waals surface area contributed by atoms with E-state index in [1.165, 1.54) is 16.7 Å². The van der Waals surface area contributed by atoms with E-state index in [0.717, 1.165) is 32.3 Å². The molecule has 4 rings (SSSR count). The second kappa shape index (κ2) is 7.02. The zero-order chi connectivity index (χ0) is 20.8. The van der Waals surface area contributed by atoms with Gasteiger partial charge in [0.05, 0.1) is 21.7 Å². The van der Waals surface area contributed by atoms with Crippen LogP contribution in [0.2, 0.25) is 0 Å². The Morgan fingerprint density at radius 1 is 1.07 bits per heavy atom. The largest absolute Gasteiger partial charge is 0.401 e. The number of aromatic nitrogens is 1. The van der Waals surface area contributed by atoms with Crippen LogP contribution < -0.4 is 5.73 Å². The van der Waals surface area contributed by atoms with Gasteiger partial charge in [-0.3, -0.25) is 4.98 Å². The Balaban J connectivity index is 1.96. The summed E-state index contributed by atoms with van der Waals surface area (Å²) in [7, 11) is 0. The van der Waals surface area contributed by atoms with Crippen LogP contribution >= 0.6 is 11.3 Å². The SMILES string of the molecule is C=Cc1cc(-c2cccc(C3(C(=C)N)C(C)=C(C)c4ccccc43)n2)sc1C=C. The predicted octanol–water partition coefficient (Wildman–Crippen LogP) is 6.66. The molecule has 3 heteroatoms. The number of thiophene rings is 1. The molecule has 29 heavy (non-hydrogen) atoms. The molecule has 3 aromatic rings. The van der Waals surface area contributed by atoms with E-state index in [-0.39, 0.29) is 0 Å². The first kappa shape index (κ1) is 19.2. The number of allylic oxidation sites excluding steroid dienone is 2. The second-order valence-electron chi connectivity index (χ2n) is 7.32. The highest BCUT2D eigenvalue weighted by Crippen LogP contribution is 2.52. The van der Waals surface area contributed by atoms with Gasteiger partial charge in [0.15, 0.2) is 0 Å². The number of nitrogens with zero attached hydrogens (tertiary/aromatic N) is 1. The lowest BCUT2D eigenvalue weighted by Crippen LogP contribution is -2.34. The van der Waals surface area contributed by atoms with Crippen molar-refractivity contribution < 1.29 is 0 Å². The van der Waals surface area contributed by atoms with E-state index in [2.05, 4.69) is 70.0 Å². The van der Waals surface area contributed by atoms with Gasteiger partial charge in [-0.2, -0.15) is 0 Å². The molecular weight excluding hydrogens is 372 g/mol. The second-order valence-corrected chi connectivity index (χ2v) is 8.40. The molecule has 144 valence electrons. The number of hydrogen-bond donors (Lipinski definition) is 1. The lowest BCUT2D eigenvalue weighted by molar-refractivity contribution is 0.689. The smallest absolute Gasteiger partial charge is 0.0980 e. The van der Waals surface area contributed by atoms with Gasteiger partial charge in [-0.1, -0.05) is 62.2 Å². The van der Waals surface area contributed by atoms with Crippen molar-refractivity contribution in [1.82, 2.24) is 4.98 Å². The van der Waals surface area contributed by atoms with Gasteiger partial charge in [0.25, 0.3) is 0 Å². The van der Waals surface area contributed by atoms with Crippen molar-refractivity contribution >= 4 is 29.1 Å². The first-order valence-corrected chi connectivity index (χ1v) is 10.4. The highest BCUT2D eigenvalue weighted by molar-refractivity contribution is 7.16. The van der Waals surface area contributed by atoms with Gasteiger partial charge in [0, 0.05) is 10.6 Å². The Morgan fingerprint density at radius 2 is 1.83 bits per heavy atom. The van der Waals surface area contributed by atoms with Crippen molar-refractivity contribution in [1.29, 1.82) is 0 Å². The molecule has 0 saturated heterocycles. The number of hydrogen-bond acceptors (Lipinski definition) is 3. The van der Waals surface area contributed by atoms with Crippen LogP contribution in [0.25, 0.3) is 28.3 Å². The van der Waals surface area contributed by atoms with Gasteiger partial charge in [0.2, 0.25) is 0 Å². The van der Waals surface area contributed by atoms with Gasteiger partial charge in [-0.25, -0.2) is 0 Å². The summed E-state index contributed by atoms with van der Waals surface area (Å²) in [6.45, 7) is 16.3. The third-order valence-electron chi connectivity index (χ3n) is 5.92. The van der Waals surface area contributed by atoms with Crippen LogP contribution in [0, 0.1) is 0 Å². The quantitative estimate of drug-likeness (QED) is 0.523. The highest BCUT2D eigenvalue weighted by atomic mass is 32.1. The Morgan fingerprint density at radius 3 is 2.48 bits per heavy atom. The molecule has 2 nitrogen and oxygen atoms in total. The molecule has 2 heterocycles. The van der Waals surface area contributed by atoms with E-state index in [0.29, 0.717) is 5.70 Å². The molecule has 1 aliphatic carbocycles. The van der Waals surface area contributed by atoms with Crippen molar-refractivity contribution in [2.75, 3.05) is 0 Å². The summed E-state index contributed by atoms with van der Waals surface area (Å²) >= 11 is 1.67. The molecule has 1 aromatic carbocycles. The topological polar surface area (TPSA) is 38.9 Å². The molecular formula is C26H24N2S. The maximum atomic E-state index is 6.50. The van der Waals surface area contributed by atoms with Crippen LogP contribution in [0.15, 0.2) is 79.5 Å². The van der Waals surface area contributed by atoms with Gasteiger partial charge in [-0.15, -0.1) is 11.3 Å². The summed E-state index contributed by atoms with van der Waals surface area (Å²) < 4.78 is 0. The fraction of sp³-hybridized carbons (Fsp3) is 0.115. The minimum atomic E-state index is -0.615. The zero-order valence-electron chi connectivity index (χ0n) is 16.8. The summed E-state index contributed by atoms with van der Waals surface area (Å²) in [4.78, 5) is 7.27. The molecule has 0 amide bonds. The molecule has 1 aliphatic rings. The molecule has 2 aromatic heterocycles. The fourth-order valence-electron chi connectivity index (χ4n) is 4.38. The van der Waals surface area contributed by atoms with E-state index in [4.69, 9.17) is 10.7 Å². The number of benzene rings is 1. The van der Waals surface area contributed by atoms with Crippen molar-refractivity contribution in [2.24, 2.45) is 5.73 Å². The summed E-state index contributed by atoms with van der Waals surface area (Å²) in [6, 6.07) is 16.7. The minimum Gasteiger partial charge on any atom is -0.401 e. The maximum Gasteiger partial charge on any atom is 0.0980 e. The molecule has 0 saturated carbocycles. The van der Waals surface area contributed by atoms with Crippen LogP contribution in [0.4, 0.5) is 0 Å². The van der Waals surface area contributed by atoms with Gasteiger partial charge < -0.3 is 5.73 Å². The molecule has 1 atom stereocenters. The van der Waals surface area contributed by atoms with E-state index < -0.39 is 5.41 Å². The Hall–Kier alpha value is -3.17. The molecule has 0 bridgehead atoms. The van der Waals surface area contributed by atoms with Gasteiger partial charge >= 0.3 is 0 Å². The van der Waals surface area contributed by atoms with Gasteiger partial charge in [-0.05, 0) is 59.9 Å². The number of rotatable bonds is 5. The molecule has 0 spiro atoms. The number of pyridine rings is 1. The Bertz CT molecular complexity index is 1170. The monoisotopic (exact) mass is 396 g/mol. The standard InChI is InChI=1S/C26H24N2S/c1-6-19-15-24(29-23(19)7-2)22-13-10-14-25(28-22)26(18(5)27)17(4)16(3)20-11-8-9-12-21(20)26/h6-15H,1-2,5,27H2,3-4H3. The van der Waals surface area contributed by atoms with E-state index >= 15 is 0 Å². The predicted molar refractivity (Wildman–Crippen MR) is 127 cm³/mol. The van der Waals surface area contributed by atoms with Crippen LogP contribution in [0.5, 0.6) is 0 Å². The zero-order valence-corrected chi connectivity index (χ0v) is 17.6.